The van der Waals surface area contributed by atoms with Crippen molar-refractivity contribution in [2.75, 3.05) is 20.7 Å². The van der Waals surface area contributed by atoms with Crippen molar-refractivity contribution >= 4 is 29.3 Å². The number of likely N-dealkylation sites (N-methyl/N-ethyl adjacent to an activating group) is 1. The lowest BCUT2D eigenvalue weighted by Crippen LogP contribution is -2.65. The lowest BCUT2D eigenvalue weighted by molar-refractivity contribution is -0.153. The number of aromatic hydroxyl groups is 1. The predicted octanol–water partition coefficient (Wildman–Crippen LogP) is 0.600. The van der Waals surface area contributed by atoms with Gasteiger partial charge in [0.1, 0.15) is 22.8 Å². The molecule has 12 nitrogen and oxygen atoms in total. The zero-order valence-corrected chi connectivity index (χ0v) is 21.3. The van der Waals surface area contributed by atoms with Crippen LogP contribution in [-0.2, 0) is 32.1 Å². The third-order valence-corrected chi connectivity index (χ3v) is 7.56. The SMILES string of the molecule is CCCOC(=O)NCc1ccc(O)c2c1CC1CC3C(N(C)C)C(=O)C(C(N)=O)=C(O)C3(O)C(=O)C1=C2O. The standard InChI is InChI=1S/C26H31N3O9/c1-4-7-38-25(36)28-10-11-5-6-15(30)17-13(11)8-12-9-14-19(29(2)3)21(32)18(24(27)35)23(34)26(14,37)22(33)16(12)20(17)31/h5-6,12,14,19,30-31,34,37H,4,7-10H2,1-3H3,(H2,27,35)(H,28,36). The molecule has 204 valence electrons. The van der Waals surface area contributed by atoms with Crippen LogP contribution in [0, 0.1) is 11.8 Å². The summed E-state index contributed by atoms with van der Waals surface area (Å²) in [5.74, 6) is -7.11. The molecule has 0 spiro atoms. The van der Waals surface area contributed by atoms with Crippen LogP contribution >= 0.6 is 0 Å². The van der Waals surface area contributed by atoms with Crippen LogP contribution in [0.4, 0.5) is 4.79 Å². The number of phenolic OH excluding ortho intramolecular Hbond substituents is 1. The molecule has 38 heavy (non-hydrogen) atoms. The number of ether oxygens (including phenoxy) is 1. The maximum absolute atomic E-state index is 13.8. The summed E-state index contributed by atoms with van der Waals surface area (Å²) in [6.45, 7) is 2.12. The number of carbonyl (C=O) groups is 4. The molecule has 12 heteroatoms. The smallest absolute Gasteiger partial charge is 0.407 e. The van der Waals surface area contributed by atoms with Crippen molar-refractivity contribution in [1.29, 1.82) is 0 Å². The van der Waals surface area contributed by atoms with E-state index in [1.165, 1.54) is 25.1 Å². The molecule has 3 aliphatic carbocycles. The van der Waals surface area contributed by atoms with Crippen molar-refractivity contribution in [1.82, 2.24) is 10.2 Å². The normalized spacial score (nSPS) is 26.6. The highest BCUT2D eigenvalue weighted by atomic mass is 16.5. The molecule has 0 radical (unpaired) electrons. The van der Waals surface area contributed by atoms with E-state index in [2.05, 4.69) is 5.32 Å². The van der Waals surface area contributed by atoms with Gasteiger partial charge in [0, 0.05) is 18.0 Å². The number of ketones is 2. The Hall–Kier alpha value is -3.90. The maximum atomic E-state index is 13.8. The van der Waals surface area contributed by atoms with Gasteiger partial charge in [-0.2, -0.15) is 0 Å². The van der Waals surface area contributed by atoms with Crippen LogP contribution in [0.25, 0.3) is 5.76 Å². The first-order chi connectivity index (χ1) is 17.9. The lowest BCUT2D eigenvalue weighted by atomic mass is 9.57. The Labute approximate surface area is 218 Å². The van der Waals surface area contributed by atoms with Crippen molar-refractivity contribution in [3.8, 4) is 5.75 Å². The number of primary amides is 1. The number of aliphatic hydroxyl groups excluding tert-OH is 2. The van der Waals surface area contributed by atoms with Gasteiger partial charge in [0.05, 0.1) is 18.2 Å². The highest BCUT2D eigenvalue weighted by Gasteiger charge is 2.64. The summed E-state index contributed by atoms with van der Waals surface area (Å²) in [5, 5.41) is 46.9. The molecule has 4 atom stereocenters. The zero-order chi connectivity index (χ0) is 28.1. The van der Waals surface area contributed by atoms with E-state index < -0.39 is 64.1 Å². The number of nitrogens with two attached hydrogens (primary N) is 1. The maximum Gasteiger partial charge on any atom is 0.407 e. The number of Topliss-reactive ketones (excluding diaryl/α,β-unsaturated/α-hetero) is 2. The van der Waals surface area contributed by atoms with Crippen LogP contribution in [0.2, 0.25) is 0 Å². The lowest BCUT2D eigenvalue weighted by Gasteiger charge is -2.50. The first-order valence-corrected chi connectivity index (χ1v) is 12.2. The monoisotopic (exact) mass is 529 g/mol. The number of hydrogen-bond donors (Lipinski definition) is 6. The van der Waals surface area contributed by atoms with Crippen LogP contribution in [0.15, 0.2) is 29.0 Å². The topological polar surface area (TPSA) is 200 Å². The van der Waals surface area contributed by atoms with E-state index in [1.807, 2.05) is 6.92 Å². The molecular weight excluding hydrogens is 498 g/mol. The Kier molecular flexibility index (Phi) is 6.97. The Balaban J connectivity index is 1.83. The van der Waals surface area contributed by atoms with Gasteiger partial charge in [-0.1, -0.05) is 13.0 Å². The van der Waals surface area contributed by atoms with Crippen molar-refractivity contribution in [3.63, 3.8) is 0 Å². The Morgan fingerprint density at radius 3 is 2.50 bits per heavy atom. The molecule has 2 amide bonds. The molecule has 1 fully saturated rings. The predicted molar refractivity (Wildman–Crippen MR) is 133 cm³/mol. The number of aliphatic hydroxyl groups is 3. The van der Waals surface area contributed by atoms with Crippen LogP contribution in [0.5, 0.6) is 5.75 Å². The minimum Gasteiger partial charge on any atom is -0.508 e. The highest BCUT2D eigenvalue weighted by molar-refractivity contribution is 6.24. The van der Waals surface area contributed by atoms with E-state index in [4.69, 9.17) is 10.5 Å². The number of nitrogens with one attached hydrogen (secondary N) is 1. The number of carbonyl (C=O) groups excluding carboxylic acids is 4. The van der Waals surface area contributed by atoms with Gasteiger partial charge in [0.2, 0.25) is 5.78 Å². The molecule has 4 unspecified atom stereocenters. The van der Waals surface area contributed by atoms with E-state index in [0.29, 0.717) is 17.5 Å². The van der Waals surface area contributed by atoms with E-state index in [9.17, 15) is 39.6 Å². The fourth-order valence-electron chi connectivity index (χ4n) is 5.89. The number of nitrogens with zero attached hydrogens (tertiary/aromatic N) is 1. The van der Waals surface area contributed by atoms with Gasteiger partial charge in [0.15, 0.2) is 11.4 Å². The van der Waals surface area contributed by atoms with Gasteiger partial charge in [-0.05, 0) is 56.5 Å². The summed E-state index contributed by atoms with van der Waals surface area (Å²) in [6.07, 6.45) is 0.121. The van der Waals surface area contributed by atoms with Gasteiger partial charge in [0.25, 0.3) is 5.91 Å². The molecule has 0 saturated heterocycles. The molecule has 4 rings (SSSR count). The molecule has 1 saturated carbocycles. The van der Waals surface area contributed by atoms with Crippen LogP contribution in [0.3, 0.4) is 0 Å². The Morgan fingerprint density at radius 1 is 1.21 bits per heavy atom. The molecule has 0 bridgehead atoms. The quantitative estimate of drug-likeness (QED) is 0.284. The fraction of sp³-hybridized carbons (Fsp3) is 0.462. The van der Waals surface area contributed by atoms with E-state index in [1.54, 1.807) is 6.07 Å². The van der Waals surface area contributed by atoms with Crippen LogP contribution < -0.4 is 11.1 Å². The number of rotatable bonds is 6. The number of fused-ring (bicyclic) bond motifs is 3. The van der Waals surface area contributed by atoms with E-state index >= 15 is 0 Å². The molecule has 3 aliphatic rings. The second kappa shape index (κ2) is 9.76. The van der Waals surface area contributed by atoms with Crippen molar-refractivity contribution in [3.05, 3.63) is 45.7 Å². The molecule has 0 aliphatic heterocycles. The van der Waals surface area contributed by atoms with Crippen molar-refractivity contribution < 1.29 is 44.3 Å². The Morgan fingerprint density at radius 2 is 1.89 bits per heavy atom. The third-order valence-electron chi connectivity index (χ3n) is 7.56. The Bertz CT molecular complexity index is 1300. The second-order valence-corrected chi connectivity index (χ2v) is 10.0. The van der Waals surface area contributed by atoms with Gasteiger partial charge in [-0.25, -0.2) is 4.79 Å². The minimum atomic E-state index is -2.69. The number of benzene rings is 1. The van der Waals surface area contributed by atoms with Gasteiger partial charge < -0.3 is 36.2 Å². The molecule has 0 heterocycles. The fourth-order valence-corrected chi connectivity index (χ4v) is 5.89. The summed E-state index contributed by atoms with van der Waals surface area (Å²) in [7, 11) is 3.07. The summed E-state index contributed by atoms with van der Waals surface area (Å²) in [6, 6.07) is 1.72. The minimum absolute atomic E-state index is 0.0200. The average molecular weight is 530 g/mol. The first kappa shape index (κ1) is 27.1. The van der Waals surface area contributed by atoms with E-state index in [-0.39, 0.29) is 42.9 Å². The van der Waals surface area contributed by atoms with Crippen molar-refractivity contribution in [2.24, 2.45) is 17.6 Å². The summed E-state index contributed by atoms with van der Waals surface area (Å²) in [4.78, 5) is 52.4. The largest absolute Gasteiger partial charge is 0.508 e. The molecule has 1 aromatic rings. The summed E-state index contributed by atoms with van der Waals surface area (Å²) in [5.41, 5.74) is 2.53. The molecule has 0 aromatic heterocycles. The number of phenols is 1. The second-order valence-electron chi connectivity index (χ2n) is 10.0. The number of alkyl carbamates (subject to hydrolysis) is 1. The zero-order valence-electron chi connectivity index (χ0n) is 21.3. The van der Waals surface area contributed by atoms with Gasteiger partial charge in [-0.3, -0.25) is 19.3 Å². The average Bonchev–Trinajstić information content (AvgIpc) is 2.84. The van der Waals surface area contributed by atoms with Crippen LogP contribution in [-0.4, -0.2) is 81.2 Å². The molecule has 7 N–H and O–H groups in total. The molecular formula is C26H31N3O9. The first-order valence-electron chi connectivity index (χ1n) is 12.2. The number of amides is 2. The van der Waals surface area contributed by atoms with Crippen LogP contribution in [0.1, 0.15) is 36.5 Å². The van der Waals surface area contributed by atoms with Gasteiger partial charge >= 0.3 is 6.09 Å². The number of hydrogen-bond acceptors (Lipinski definition) is 10. The van der Waals surface area contributed by atoms with Gasteiger partial charge in [-0.15, -0.1) is 0 Å². The molecule has 1 aromatic carbocycles. The van der Waals surface area contributed by atoms with Crippen molar-refractivity contribution in [2.45, 2.75) is 44.4 Å². The van der Waals surface area contributed by atoms with E-state index in [0.717, 1.165) is 0 Å². The summed E-state index contributed by atoms with van der Waals surface area (Å²) < 4.78 is 5.02. The summed E-state index contributed by atoms with van der Waals surface area (Å²) >= 11 is 0. The highest BCUT2D eigenvalue weighted by Crippen LogP contribution is 2.52. The third kappa shape index (κ3) is 4.00.